The van der Waals surface area contributed by atoms with Gasteiger partial charge < -0.3 is 19.1 Å². The summed E-state index contributed by atoms with van der Waals surface area (Å²) in [5.41, 5.74) is 1.18. The van der Waals surface area contributed by atoms with Gasteiger partial charge >= 0.3 is 0 Å². The first-order valence-corrected chi connectivity index (χ1v) is 6.17. The minimum absolute atomic E-state index is 0.184. The maximum atomic E-state index is 5.38. The van der Waals surface area contributed by atoms with Gasteiger partial charge in [0.1, 0.15) is 5.75 Å². The molecule has 0 unspecified atom stereocenters. The van der Waals surface area contributed by atoms with Crippen LogP contribution in [0.2, 0.25) is 0 Å². The molecule has 4 nitrogen and oxygen atoms in total. The standard InChI is InChI=1S/C14H21NO3/c1-10-9-15(13(10)14(17-3)18-4)11-5-7-12(16-2)8-6-11/h5-8,10,13-14H,9H2,1-4H3/t10-,13+/m0/s1. The van der Waals surface area contributed by atoms with Crippen molar-refractivity contribution in [3.05, 3.63) is 24.3 Å². The molecule has 1 aliphatic heterocycles. The van der Waals surface area contributed by atoms with Gasteiger partial charge in [-0.2, -0.15) is 0 Å². The fourth-order valence-corrected chi connectivity index (χ4v) is 2.55. The molecule has 0 saturated carbocycles. The molecule has 4 heteroatoms. The van der Waals surface area contributed by atoms with Crippen LogP contribution >= 0.6 is 0 Å². The Hall–Kier alpha value is -1.26. The van der Waals surface area contributed by atoms with Crippen molar-refractivity contribution in [1.29, 1.82) is 0 Å². The number of nitrogens with zero attached hydrogens (tertiary/aromatic N) is 1. The van der Waals surface area contributed by atoms with E-state index in [9.17, 15) is 0 Å². The van der Waals surface area contributed by atoms with Gasteiger partial charge in [-0.15, -0.1) is 0 Å². The van der Waals surface area contributed by atoms with Gasteiger partial charge in [0.25, 0.3) is 0 Å². The number of methoxy groups -OCH3 is 3. The number of anilines is 1. The summed E-state index contributed by atoms with van der Waals surface area (Å²) in [6, 6.07) is 8.36. The van der Waals surface area contributed by atoms with E-state index in [4.69, 9.17) is 14.2 Å². The molecule has 18 heavy (non-hydrogen) atoms. The Bertz CT molecular complexity index is 375. The van der Waals surface area contributed by atoms with Crippen molar-refractivity contribution in [2.24, 2.45) is 5.92 Å². The van der Waals surface area contributed by atoms with E-state index in [0.717, 1.165) is 12.3 Å². The molecule has 0 amide bonds. The van der Waals surface area contributed by atoms with Crippen LogP contribution in [0.5, 0.6) is 5.75 Å². The molecule has 0 spiro atoms. The average molecular weight is 251 g/mol. The molecule has 100 valence electrons. The highest BCUT2D eigenvalue weighted by Gasteiger charge is 2.41. The van der Waals surface area contributed by atoms with Crippen molar-refractivity contribution < 1.29 is 14.2 Å². The minimum Gasteiger partial charge on any atom is -0.497 e. The third kappa shape index (κ3) is 2.31. The van der Waals surface area contributed by atoms with Crippen LogP contribution in [0.3, 0.4) is 0 Å². The highest BCUT2D eigenvalue weighted by molar-refractivity contribution is 5.52. The summed E-state index contributed by atoms with van der Waals surface area (Å²) in [7, 11) is 5.05. The van der Waals surface area contributed by atoms with E-state index in [2.05, 4.69) is 24.0 Å². The third-order valence-electron chi connectivity index (χ3n) is 3.58. The Morgan fingerprint density at radius 2 is 1.72 bits per heavy atom. The number of ether oxygens (including phenoxy) is 3. The molecule has 1 saturated heterocycles. The number of hydrogen-bond donors (Lipinski definition) is 0. The summed E-state index contributed by atoms with van der Waals surface area (Å²) in [6.45, 7) is 3.25. The van der Waals surface area contributed by atoms with Crippen molar-refractivity contribution >= 4 is 5.69 Å². The van der Waals surface area contributed by atoms with Gasteiger partial charge in [0.15, 0.2) is 6.29 Å². The van der Waals surface area contributed by atoms with E-state index < -0.39 is 0 Å². The van der Waals surface area contributed by atoms with Gasteiger partial charge in [0, 0.05) is 26.5 Å². The normalized spacial score (nSPS) is 23.1. The number of benzene rings is 1. The van der Waals surface area contributed by atoms with Gasteiger partial charge in [-0.05, 0) is 30.2 Å². The van der Waals surface area contributed by atoms with Gasteiger partial charge in [-0.1, -0.05) is 6.92 Å². The second-order valence-corrected chi connectivity index (χ2v) is 4.66. The van der Waals surface area contributed by atoms with E-state index in [-0.39, 0.29) is 12.3 Å². The number of hydrogen-bond acceptors (Lipinski definition) is 4. The molecule has 1 heterocycles. The lowest BCUT2D eigenvalue weighted by molar-refractivity contribution is -0.136. The van der Waals surface area contributed by atoms with Crippen LogP contribution in [0.15, 0.2) is 24.3 Å². The van der Waals surface area contributed by atoms with Crippen LogP contribution < -0.4 is 9.64 Å². The summed E-state index contributed by atoms with van der Waals surface area (Å²) in [5, 5.41) is 0. The molecule has 0 bridgehead atoms. The van der Waals surface area contributed by atoms with Crippen molar-refractivity contribution in [2.75, 3.05) is 32.8 Å². The zero-order valence-corrected chi connectivity index (χ0v) is 11.4. The van der Waals surface area contributed by atoms with Crippen LogP contribution in [-0.2, 0) is 9.47 Å². The average Bonchev–Trinajstić information content (AvgIpc) is 2.42. The topological polar surface area (TPSA) is 30.9 Å². The zero-order valence-electron chi connectivity index (χ0n) is 11.4. The minimum atomic E-state index is -0.184. The molecule has 1 aliphatic rings. The van der Waals surface area contributed by atoms with E-state index in [1.165, 1.54) is 5.69 Å². The lowest BCUT2D eigenvalue weighted by atomic mass is 9.89. The van der Waals surface area contributed by atoms with E-state index in [1.54, 1.807) is 21.3 Å². The summed E-state index contributed by atoms with van der Waals surface area (Å²) in [4.78, 5) is 2.31. The molecule has 1 aromatic carbocycles. The molecule has 2 rings (SSSR count). The molecule has 1 fully saturated rings. The largest absolute Gasteiger partial charge is 0.497 e. The van der Waals surface area contributed by atoms with Crippen molar-refractivity contribution in [1.82, 2.24) is 0 Å². The van der Waals surface area contributed by atoms with Gasteiger partial charge in [-0.3, -0.25) is 0 Å². The van der Waals surface area contributed by atoms with Crippen LogP contribution in [0.4, 0.5) is 5.69 Å². The Balaban J connectivity index is 2.12. The molecule has 0 aromatic heterocycles. The summed E-state index contributed by atoms with van der Waals surface area (Å²) in [6.07, 6.45) is -0.184. The zero-order chi connectivity index (χ0) is 13.1. The van der Waals surface area contributed by atoms with Crippen LogP contribution in [0.1, 0.15) is 6.92 Å². The lowest BCUT2D eigenvalue weighted by Gasteiger charge is -2.50. The summed E-state index contributed by atoms with van der Waals surface area (Å²) >= 11 is 0. The molecule has 0 radical (unpaired) electrons. The highest BCUT2D eigenvalue weighted by atomic mass is 16.7. The van der Waals surface area contributed by atoms with E-state index in [0.29, 0.717) is 5.92 Å². The Labute approximate surface area is 108 Å². The predicted molar refractivity (Wildman–Crippen MR) is 71.1 cm³/mol. The van der Waals surface area contributed by atoms with Gasteiger partial charge in [0.2, 0.25) is 0 Å². The molecule has 1 aromatic rings. The van der Waals surface area contributed by atoms with Crippen molar-refractivity contribution in [2.45, 2.75) is 19.3 Å². The Kier molecular flexibility index (Phi) is 4.09. The maximum absolute atomic E-state index is 5.38. The Morgan fingerprint density at radius 3 is 2.17 bits per heavy atom. The smallest absolute Gasteiger partial charge is 0.177 e. The molecular weight excluding hydrogens is 230 g/mol. The first kappa shape index (κ1) is 13.2. The van der Waals surface area contributed by atoms with E-state index >= 15 is 0 Å². The monoisotopic (exact) mass is 251 g/mol. The highest BCUT2D eigenvalue weighted by Crippen LogP contribution is 2.34. The van der Waals surface area contributed by atoms with Crippen molar-refractivity contribution in [3.8, 4) is 5.75 Å². The predicted octanol–water partition coefficient (Wildman–Crippen LogP) is 2.14. The number of rotatable bonds is 5. The fraction of sp³-hybridized carbons (Fsp3) is 0.571. The second kappa shape index (κ2) is 5.59. The van der Waals surface area contributed by atoms with Gasteiger partial charge in [-0.25, -0.2) is 0 Å². The second-order valence-electron chi connectivity index (χ2n) is 4.66. The quantitative estimate of drug-likeness (QED) is 0.750. The molecule has 2 atom stereocenters. The van der Waals surface area contributed by atoms with Crippen LogP contribution in [-0.4, -0.2) is 40.2 Å². The Morgan fingerprint density at radius 1 is 1.11 bits per heavy atom. The maximum Gasteiger partial charge on any atom is 0.177 e. The van der Waals surface area contributed by atoms with Crippen LogP contribution in [0.25, 0.3) is 0 Å². The van der Waals surface area contributed by atoms with E-state index in [1.807, 2.05) is 12.1 Å². The lowest BCUT2D eigenvalue weighted by Crippen LogP contribution is -2.61. The molecular formula is C14H21NO3. The van der Waals surface area contributed by atoms with Gasteiger partial charge in [0.05, 0.1) is 13.2 Å². The third-order valence-corrected chi connectivity index (χ3v) is 3.58. The summed E-state index contributed by atoms with van der Waals surface area (Å²) in [5.74, 6) is 1.44. The summed E-state index contributed by atoms with van der Waals surface area (Å²) < 4.78 is 15.9. The SMILES string of the molecule is COc1ccc(N2C[C@H](C)[C@@H]2C(OC)OC)cc1. The first-order chi connectivity index (χ1) is 8.71. The molecule has 0 aliphatic carbocycles. The first-order valence-electron chi connectivity index (χ1n) is 6.17. The molecule has 0 N–H and O–H groups in total. The fourth-order valence-electron chi connectivity index (χ4n) is 2.55. The van der Waals surface area contributed by atoms with Crippen LogP contribution in [0, 0.1) is 5.92 Å². The van der Waals surface area contributed by atoms with Crippen molar-refractivity contribution in [3.63, 3.8) is 0 Å².